The second-order valence-corrected chi connectivity index (χ2v) is 6.79. The maximum atomic E-state index is 13.3. The normalized spacial score (nSPS) is 19.4. The van der Waals surface area contributed by atoms with Gasteiger partial charge in [0, 0.05) is 12.1 Å². The van der Waals surface area contributed by atoms with Crippen LogP contribution in [0.15, 0.2) is 28.8 Å². The molecule has 1 aliphatic heterocycles. The molecule has 0 spiro atoms. The van der Waals surface area contributed by atoms with Gasteiger partial charge in [0.15, 0.2) is 0 Å². The molecule has 1 atom stereocenters. The van der Waals surface area contributed by atoms with Crippen LogP contribution >= 0.6 is 0 Å². The average molecular weight is 317 g/mol. The minimum Gasteiger partial charge on any atom is -0.339 e. The zero-order chi connectivity index (χ0) is 16.2. The van der Waals surface area contributed by atoms with Gasteiger partial charge in [0.1, 0.15) is 5.82 Å². The van der Waals surface area contributed by atoms with E-state index in [0.717, 1.165) is 38.4 Å². The first-order valence-corrected chi connectivity index (χ1v) is 8.43. The van der Waals surface area contributed by atoms with Gasteiger partial charge in [-0.25, -0.2) is 4.39 Å². The number of likely N-dealkylation sites (tertiary alicyclic amines) is 1. The van der Waals surface area contributed by atoms with Crippen molar-refractivity contribution in [1.82, 2.24) is 15.0 Å². The van der Waals surface area contributed by atoms with Crippen LogP contribution in [0.25, 0.3) is 11.4 Å². The highest BCUT2D eigenvalue weighted by atomic mass is 19.1. The van der Waals surface area contributed by atoms with Crippen molar-refractivity contribution in [1.29, 1.82) is 0 Å². The Hall–Kier alpha value is -1.75. The van der Waals surface area contributed by atoms with Crippen molar-refractivity contribution in [2.45, 2.75) is 39.0 Å². The molecule has 3 rings (SSSR count). The average Bonchev–Trinajstić information content (AvgIpc) is 3.03. The van der Waals surface area contributed by atoms with Gasteiger partial charge in [0.2, 0.25) is 11.7 Å². The third-order valence-corrected chi connectivity index (χ3v) is 4.40. The molecule has 0 saturated carbocycles. The van der Waals surface area contributed by atoms with E-state index < -0.39 is 0 Å². The van der Waals surface area contributed by atoms with E-state index in [4.69, 9.17) is 4.52 Å². The molecule has 2 aromatic rings. The maximum absolute atomic E-state index is 13.3. The molecule has 0 radical (unpaired) electrons. The van der Waals surface area contributed by atoms with Crippen molar-refractivity contribution in [3.8, 4) is 11.4 Å². The largest absolute Gasteiger partial charge is 0.339 e. The summed E-state index contributed by atoms with van der Waals surface area (Å²) < 4.78 is 18.8. The lowest BCUT2D eigenvalue weighted by molar-refractivity contribution is 0.179. The van der Waals surface area contributed by atoms with Crippen LogP contribution in [-0.2, 0) is 0 Å². The van der Waals surface area contributed by atoms with E-state index in [1.54, 1.807) is 12.1 Å². The summed E-state index contributed by atoms with van der Waals surface area (Å²) in [6, 6.07) is 6.31. The van der Waals surface area contributed by atoms with Crippen LogP contribution < -0.4 is 0 Å². The molecule has 1 saturated heterocycles. The Balaban J connectivity index is 1.67. The van der Waals surface area contributed by atoms with E-state index in [1.165, 1.54) is 18.6 Å². The van der Waals surface area contributed by atoms with Crippen LogP contribution in [0.2, 0.25) is 0 Å². The SMILES string of the molecule is CC(C)CCN1CCCC(c2nc(-c3cccc(F)c3)no2)C1. The Morgan fingerprint density at radius 2 is 2.26 bits per heavy atom. The van der Waals surface area contributed by atoms with Crippen molar-refractivity contribution in [2.24, 2.45) is 5.92 Å². The first-order valence-electron chi connectivity index (χ1n) is 8.43. The summed E-state index contributed by atoms with van der Waals surface area (Å²) >= 11 is 0. The van der Waals surface area contributed by atoms with Crippen molar-refractivity contribution in [2.75, 3.05) is 19.6 Å². The molecule has 1 unspecified atom stereocenters. The van der Waals surface area contributed by atoms with Crippen LogP contribution in [0.3, 0.4) is 0 Å². The quantitative estimate of drug-likeness (QED) is 0.832. The van der Waals surface area contributed by atoms with Gasteiger partial charge < -0.3 is 9.42 Å². The van der Waals surface area contributed by atoms with E-state index in [0.29, 0.717) is 17.3 Å². The standard InChI is InChI=1S/C18H24FN3O/c1-13(2)8-10-22-9-4-6-15(12-22)18-20-17(21-23-18)14-5-3-7-16(19)11-14/h3,5,7,11,13,15H,4,6,8-10,12H2,1-2H3. The molecule has 1 aromatic carbocycles. The highest BCUT2D eigenvalue weighted by molar-refractivity contribution is 5.53. The lowest BCUT2D eigenvalue weighted by atomic mass is 9.97. The Morgan fingerprint density at radius 1 is 1.39 bits per heavy atom. The molecule has 5 heteroatoms. The van der Waals surface area contributed by atoms with E-state index in [-0.39, 0.29) is 11.7 Å². The fourth-order valence-corrected chi connectivity index (χ4v) is 3.05. The molecule has 0 N–H and O–H groups in total. The number of hydrogen-bond acceptors (Lipinski definition) is 4. The zero-order valence-electron chi connectivity index (χ0n) is 13.8. The number of aromatic nitrogens is 2. The topological polar surface area (TPSA) is 42.2 Å². The monoisotopic (exact) mass is 317 g/mol. The van der Waals surface area contributed by atoms with Gasteiger partial charge in [-0.1, -0.05) is 31.1 Å². The number of nitrogens with zero attached hydrogens (tertiary/aromatic N) is 3. The van der Waals surface area contributed by atoms with Crippen LogP contribution in [0, 0.1) is 11.7 Å². The van der Waals surface area contributed by atoms with Crippen LogP contribution in [-0.4, -0.2) is 34.7 Å². The first kappa shape index (κ1) is 16.1. The zero-order valence-corrected chi connectivity index (χ0v) is 13.8. The van der Waals surface area contributed by atoms with Gasteiger partial charge in [-0.15, -0.1) is 0 Å². The lowest BCUT2D eigenvalue weighted by Crippen LogP contribution is -2.35. The smallest absolute Gasteiger partial charge is 0.231 e. The van der Waals surface area contributed by atoms with Gasteiger partial charge in [0.25, 0.3) is 0 Å². The fraction of sp³-hybridized carbons (Fsp3) is 0.556. The highest BCUT2D eigenvalue weighted by Crippen LogP contribution is 2.28. The van der Waals surface area contributed by atoms with Crippen LogP contribution in [0.5, 0.6) is 0 Å². The summed E-state index contributed by atoms with van der Waals surface area (Å²) in [6.07, 6.45) is 3.44. The summed E-state index contributed by atoms with van der Waals surface area (Å²) in [6.45, 7) is 7.75. The van der Waals surface area contributed by atoms with Gasteiger partial charge in [-0.2, -0.15) is 4.98 Å². The molecule has 23 heavy (non-hydrogen) atoms. The Labute approximate surface area is 136 Å². The molecule has 0 aliphatic carbocycles. The fourth-order valence-electron chi connectivity index (χ4n) is 3.05. The summed E-state index contributed by atoms with van der Waals surface area (Å²) in [4.78, 5) is 6.99. The molecule has 124 valence electrons. The molecule has 0 amide bonds. The number of hydrogen-bond donors (Lipinski definition) is 0. The van der Waals surface area contributed by atoms with E-state index in [1.807, 2.05) is 0 Å². The van der Waals surface area contributed by atoms with E-state index in [9.17, 15) is 4.39 Å². The number of piperidine rings is 1. The van der Waals surface area contributed by atoms with Gasteiger partial charge in [0.05, 0.1) is 5.92 Å². The summed E-state index contributed by atoms with van der Waals surface area (Å²) in [5, 5.41) is 4.03. The van der Waals surface area contributed by atoms with Gasteiger partial charge in [-0.05, 0) is 50.4 Å². The predicted octanol–water partition coefficient (Wildman–Crippen LogP) is 4.10. The van der Waals surface area contributed by atoms with Crippen LogP contribution in [0.1, 0.15) is 44.9 Å². The summed E-state index contributed by atoms with van der Waals surface area (Å²) in [7, 11) is 0. The van der Waals surface area contributed by atoms with Crippen molar-refractivity contribution < 1.29 is 8.91 Å². The molecule has 4 nitrogen and oxygen atoms in total. The molecular formula is C18H24FN3O. The van der Waals surface area contributed by atoms with E-state index >= 15 is 0 Å². The highest BCUT2D eigenvalue weighted by Gasteiger charge is 2.26. The Bertz CT molecular complexity index is 641. The predicted molar refractivity (Wildman–Crippen MR) is 87.6 cm³/mol. The summed E-state index contributed by atoms with van der Waals surface area (Å²) in [5.41, 5.74) is 0.660. The molecule has 0 bridgehead atoms. The summed E-state index contributed by atoms with van der Waals surface area (Å²) in [5.74, 6) is 1.87. The first-order chi connectivity index (χ1) is 11.1. The Kier molecular flexibility index (Phi) is 5.06. The second-order valence-electron chi connectivity index (χ2n) is 6.79. The van der Waals surface area contributed by atoms with E-state index in [2.05, 4.69) is 28.9 Å². The van der Waals surface area contributed by atoms with Crippen molar-refractivity contribution in [3.63, 3.8) is 0 Å². The molecule has 1 fully saturated rings. The van der Waals surface area contributed by atoms with Crippen LogP contribution in [0.4, 0.5) is 4.39 Å². The molecule has 2 heterocycles. The number of halogens is 1. The third kappa shape index (κ3) is 4.16. The molecule has 1 aliphatic rings. The number of benzene rings is 1. The Morgan fingerprint density at radius 3 is 3.04 bits per heavy atom. The molecular weight excluding hydrogens is 293 g/mol. The minimum atomic E-state index is -0.286. The number of rotatable bonds is 5. The minimum absolute atomic E-state index is 0.283. The third-order valence-electron chi connectivity index (χ3n) is 4.40. The second kappa shape index (κ2) is 7.21. The molecule has 1 aromatic heterocycles. The van der Waals surface area contributed by atoms with Crippen molar-refractivity contribution >= 4 is 0 Å². The van der Waals surface area contributed by atoms with Gasteiger partial charge in [-0.3, -0.25) is 0 Å². The maximum Gasteiger partial charge on any atom is 0.231 e. The van der Waals surface area contributed by atoms with Crippen molar-refractivity contribution in [3.05, 3.63) is 36.0 Å². The van der Waals surface area contributed by atoms with Gasteiger partial charge >= 0.3 is 0 Å². The lowest BCUT2D eigenvalue weighted by Gasteiger charge is -2.31.